The van der Waals surface area contributed by atoms with Crippen LogP contribution in [-0.2, 0) is 0 Å². The van der Waals surface area contributed by atoms with Crippen molar-refractivity contribution >= 4 is 16.6 Å². The van der Waals surface area contributed by atoms with Gasteiger partial charge in [0.25, 0.3) is 0 Å². The molecule has 1 saturated heterocycles. The average Bonchev–Trinajstić information content (AvgIpc) is 2.49. The molecule has 0 radical (unpaired) electrons. The van der Waals surface area contributed by atoms with Crippen molar-refractivity contribution < 1.29 is 0 Å². The summed E-state index contributed by atoms with van der Waals surface area (Å²) in [6, 6.07) is 8.20. The highest BCUT2D eigenvalue weighted by molar-refractivity contribution is 5.90. The first-order valence-corrected chi connectivity index (χ1v) is 6.81. The van der Waals surface area contributed by atoms with Crippen LogP contribution in [0.1, 0.15) is 0 Å². The van der Waals surface area contributed by atoms with Gasteiger partial charge < -0.3 is 10.6 Å². The van der Waals surface area contributed by atoms with E-state index in [1.807, 2.05) is 12.1 Å². The van der Waals surface area contributed by atoms with Crippen molar-refractivity contribution in [2.45, 2.75) is 0 Å². The first kappa shape index (κ1) is 12.3. The van der Waals surface area contributed by atoms with Crippen molar-refractivity contribution in [1.29, 1.82) is 0 Å². The van der Waals surface area contributed by atoms with Gasteiger partial charge in [0, 0.05) is 50.0 Å². The van der Waals surface area contributed by atoms with Crippen LogP contribution in [0.3, 0.4) is 0 Å². The molecule has 19 heavy (non-hydrogen) atoms. The van der Waals surface area contributed by atoms with Gasteiger partial charge in [-0.1, -0.05) is 24.3 Å². The van der Waals surface area contributed by atoms with Crippen LogP contribution in [0.5, 0.6) is 0 Å². The Morgan fingerprint density at radius 1 is 1.21 bits per heavy atom. The van der Waals surface area contributed by atoms with Crippen LogP contribution < -0.4 is 10.6 Å². The maximum atomic E-state index is 4.20. The summed E-state index contributed by atoms with van der Waals surface area (Å²) >= 11 is 0. The fourth-order valence-corrected chi connectivity index (χ4v) is 2.43. The molecule has 5 heteroatoms. The van der Waals surface area contributed by atoms with Crippen molar-refractivity contribution in [1.82, 2.24) is 20.4 Å². The number of rotatable bonds is 4. The number of benzene rings is 1. The normalized spacial score (nSPS) is 16.6. The molecule has 0 spiro atoms. The summed E-state index contributed by atoms with van der Waals surface area (Å²) in [5, 5.41) is 17.3. The highest BCUT2D eigenvalue weighted by Crippen LogP contribution is 2.18. The minimum atomic E-state index is 0.883. The summed E-state index contributed by atoms with van der Waals surface area (Å²) in [5.74, 6) is 0.883. The smallest absolute Gasteiger partial charge is 0.156 e. The molecule has 2 N–H and O–H groups in total. The van der Waals surface area contributed by atoms with E-state index in [9.17, 15) is 0 Å². The molecule has 100 valence electrons. The second-order valence-corrected chi connectivity index (χ2v) is 4.80. The first-order chi connectivity index (χ1) is 9.43. The number of hydrogen-bond donors (Lipinski definition) is 2. The van der Waals surface area contributed by atoms with E-state index >= 15 is 0 Å². The van der Waals surface area contributed by atoms with Gasteiger partial charge in [-0.25, -0.2) is 0 Å². The number of hydrogen-bond acceptors (Lipinski definition) is 5. The maximum Gasteiger partial charge on any atom is 0.156 e. The molecule has 1 aromatic carbocycles. The van der Waals surface area contributed by atoms with Crippen LogP contribution in [0, 0.1) is 0 Å². The predicted octanol–water partition coefficient (Wildman–Crippen LogP) is 0.947. The van der Waals surface area contributed by atoms with Gasteiger partial charge in [-0.05, 0) is 0 Å². The Morgan fingerprint density at radius 2 is 2.05 bits per heavy atom. The van der Waals surface area contributed by atoms with E-state index in [1.165, 1.54) is 0 Å². The molecule has 5 nitrogen and oxygen atoms in total. The molecule has 1 fully saturated rings. The second kappa shape index (κ2) is 5.95. The molecule has 0 amide bonds. The summed E-state index contributed by atoms with van der Waals surface area (Å²) < 4.78 is 0. The summed E-state index contributed by atoms with van der Waals surface area (Å²) in [7, 11) is 0. The molecule has 1 aliphatic heterocycles. The largest absolute Gasteiger partial charge is 0.367 e. The first-order valence-electron chi connectivity index (χ1n) is 6.81. The Labute approximate surface area is 113 Å². The van der Waals surface area contributed by atoms with Crippen LogP contribution in [0.25, 0.3) is 10.8 Å². The maximum absolute atomic E-state index is 4.20. The van der Waals surface area contributed by atoms with E-state index in [0.29, 0.717) is 0 Å². The molecule has 0 bridgehead atoms. The SMILES string of the molecule is c1ccc2c(NCCN3CCNCC3)nncc2c1. The number of fused-ring (bicyclic) bond motifs is 1. The van der Waals surface area contributed by atoms with Gasteiger partial charge in [-0.3, -0.25) is 4.90 Å². The Balaban J connectivity index is 1.62. The lowest BCUT2D eigenvalue weighted by atomic mass is 10.2. The number of nitrogens with one attached hydrogen (secondary N) is 2. The molecule has 0 atom stereocenters. The molecule has 1 aromatic heterocycles. The van der Waals surface area contributed by atoms with E-state index in [4.69, 9.17) is 0 Å². The summed E-state index contributed by atoms with van der Waals surface area (Å²) in [6.45, 7) is 6.39. The minimum Gasteiger partial charge on any atom is -0.367 e. The van der Waals surface area contributed by atoms with Crippen molar-refractivity contribution in [3.63, 3.8) is 0 Å². The fourth-order valence-electron chi connectivity index (χ4n) is 2.43. The van der Waals surface area contributed by atoms with E-state index < -0.39 is 0 Å². The van der Waals surface area contributed by atoms with E-state index in [-0.39, 0.29) is 0 Å². The summed E-state index contributed by atoms with van der Waals surface area (Å²) in [5.41, 5.74) is 0. The van der Waals surface area contributed by atoms with E-state index in [2.05, 4.69) is 37.9 Å². The molecule has 2 aromatic rings. The van der Waals surface area contributed by atoms with Gasteiger partial charge in [-0.15, -0.1) is 5.10 Å². The molecule has 3 rings (SSSR count). The third-order valence-corrected chi connectivity index (χ3v) is 3.50. The standard InChI is InChI=1S/C14H19N5/c1-2-4-13-12(3-1)11-17-18-14(13)16-7-10-19-8-5-15-6-9-19/h1-4,11,15H,5-10H2,(H,16,18). The lowest BCUT2D eigenvalue weighted by Crippen LogP contribution is -2.45. The number of aromatic nitrogens is 2. The third kappa shape index (κ3) is 3.00. The van der Waals surface area contributed by atoms with E-state index in [1.54, 1.807) is 6.20 Å². The lowest BCUT2D eigenvalue weighted by molar-refractivity contribution is 0.249. The predicted molar refractivity (Wildman–Crippen MR) is 77.3 cm³/mol. The third-order valence-electron chi connectivity index (χ3n) is 3.50. The molecular formula is C14H19N5. The van der Waals surface area contributed by atoms with Crippen molar-refractivity contribution in [3.05, 3.63) is 30.5 Å². The summed E-state index contributed by atoms with van der Waals surface area (Å²) in [4.78, 5) is 2.46. The quantitative estimate of drug-likeness (QED) is 0.854. The molecule has 0 saturated carbocycles. The van der Waals surface area contributed by atoms with Gasteiger partial charge in [0.05, 0.1) is 6.20 Å². The Bertz CT molecular complexity index is 531. The zero-order valence-corrected chi connectivity index (χ0v) is 11.0. The Hall–Kier alpha value is -1.72. The molecular weight excluding hydrogens is 238 g/mol. The molecule has 2 heterocycles. The Kier molecular flexibility index (Phi) is 3.86. The van der Waals surface area contributed by atoms with Crippen molar-refractivity contribution in [3.8, 4) is 0 Å². The number of anilines is 1. The van der Waals surface area contributed by atoms with Gasteiger partial charge in [0.2, 0.25) is 0 Å². The minimum absolute atomic E-state index is 0.883. The lowest BCUT2D eigenvalue weighted by Gasteiger charge is -2.27. The zero-order valence-electron chi connectivity index (χ0n) is 11.0. The average molecular weight is 257 g/mol. The topological polar surface area (TPSA) is 53.1 Å². The van der Waals surface area contributed by atoms with Crippen LogP contribution in [0.15, 0.2) is 30.5 Å². The molecule has 0 aliphatic carbocycles. The molecule has 1 aliphatic rings. The number of nitrogens with zero attached hydrogens (tertiary/aromatic N) is 3. The van der Waals surface area contributed by atoms with Crippen LogP contribution in [-0.4, -0.2) is 54.4 Å². The molecule has 0 unspecified atom stereocenters. The van der Waals surface area contributed by atoms with Crippen molar-refractivity contribution in [2.24, 2.45) is 0 Å². The highest BCUT2D eigenvalue weighted by atomic mass is 15.2. The van der Waals surface area contributed by atoms with Crippen LogP contribution in [0.2, 0.25) is 0 Å². The van der Waals surface area contributed by atoms with Crippen LogP contribution >= 0.6 is 0 Å². The Morgan fingerprint density at radius 3 is 2.95 bits per heavy atom. The van der Waals surface area contributed by atoms with Gasteiger partial charge in [0.1, 0.15) is 0 Å². The fraction of sp³-hybridized carbons (Fsp3) is 0.429. The van der Waals surface area contributed by atoms with Crippen LogP contribution in [0.4, 0.5) is 5.82 Å². The zero-order chi connectivity index (χ0) is 12.9. The van der Waals surface area contributed by atoms with Crippen molar-refractivity contribution in [2.75, 3.05) is 44.6 Å². The monoisotopic (exact) mass is 257 g/mol. The highest BCUT2D eigenvalue weighted by Gasteiger charge is 2.09. The van der Waals surface area contributed by atoms with Gasteiger partial charge in [-0.2, -0.15) is 5.10 Å². The second-order valence-electron chi connectivity index (χ2n) is 4.80. The van der Waals surface area contributed by atoms with Gasteiger partial charge in [0.15, 0.2) is 5.82 Å². The van der Waals surface area contributed by atoms with Gasteiger partial charge >= 0.3 is 0 Å². The number of piperazine rings is 1. The van der Waals surface area contributed by atoms with E-state index in [0.717, 1.165) is 55.9 Å². The summed E-state index contributed by atoms with van der Waals surface area (Å²) in [6.07, 6.45) is 1.80.